The van der Waals surface area contributed by atoms with Gasteiger partial charge < -0.3 is 77.5 Å². The molecule has 0 saturated heterocycles. The molecule has 638 valence electrons. The number of ketones is 3. The highest BCUT2D eigenvalue weighted by atomic mass is 16.6. The molecular formula is C97H115N9O15. The van der Waals surface area contributed by atoms with E-state index in [0.717, 1.165) is 16.7 Å². The third-order valence-corrected chi connectivity index (χ3v) is 19.8. The van der Waals surface area contributed by atoms with E-state index in [2.05, 4.69) is 31.9 Å². The number of anilines is 3. The molecule has 24 nitrogen and oxygen atoms in total. The first kappa shape index (κ1) is 92.4. The van der Waals surface area contributed by atoms with Crippen molar-refractivity contribution in [2.24, 2.45) is 17.2 Å². The molecule has 121 heavy (non-hydrogen) atoms. The molecule has 0 unspecified atom stereocenters. The van der Waals surface area contributed by atoms with Gasteiger partial charge in [-0.1, -0.05) is 164 Å². The van der Waals surface area contributed by atoms with E-state index in [1.807, 2.05) is 91.0 Å². The van der Waals surface area contributed by atoms with Gasteiger partial charge in [0, 0.05) is 61.9 Å². The fraction of sp³-hybridized carbons (Fsp3) is 0.351. The van der Waals surface area contributed by atoms with Crippen molar-refractivity contribution in [2.75, 3.05) is 35.6 Å². The summed E-state index contributed by atoms with van der Waals surface area (Å²) in [6.07, 6.45) is -0.665. The third-order valence-electron chi connectivity index (χ3n) is 19.8. The molecule has 9 rings (SSSR count). The Balaban J connectivity index is 0.985. The van der Waals surface area contributed by atoms with Gasteiger partial charge in [-0.25, -0.2) is 14.4 Å². The molecule has 0 aliphatic rings. The van der Waals surface area contributed by atoms with E-state index in [1.165, 1.54) is 0 Å². The summed E-state index contributed by atoms with van der Waals surface area (Å²) in [7, 11) is 0. The zero-order valence-electron chi connectivity index (χ0n) is 70.7. The van der Waals surface area contributed by atoms with Crippen molar-refractivity contribution in [3.05, 3.63) is 287 Å². The van der Waals surface area contributed by atoms with E-state index in [4.69, 9.17) is 45.6 Å². The zero-order chi connectivity index (χ0) is 87.2. The number of unbranched alkanes of at least 4 members (excludes halogenated alkanes) is 3. The minimum Gasteiger partial charge on any atom is -0.489 e. The van der Waals surface area contributed by atoms with Crippen LogP contribution in [-0.4, -0.2) is 106 Å². The minimum atomic E-state index is -2.05. The number of carbonyl (C=O) groups is 9. The molecule has 0 saturated carbocycles. The second kappa shape index (κ2) is 43.5. The van der Waals surface area contributed by atoms with Gasteiger partial charge in [0.1, 0.15) is 53.9 Å². The summed E-state index contributed by atoms with van der Waals surface area (Å²) >= 11 is 0. The lowest BCUT2D eigenvalue weighted by Crippen LogP contribution is -2.58. The second-order valence-electron chi connectivity index (χ2n) is 33.3. The third kappa shape index (κ3) is 29.8. The predicted molar refractivity (Wildman–Crippen MR) is 469 cm³/mol. The van der Waals surface area contributed by atoms with Crippen molar-refractivity contribution in [2.45, 2.75) is 199 Å². The fourth-order valence-electron chi connectivity index (χ4n) is 13.2. The number of hydrogen-bond donors (Lipinski definition) is 9. The van der Waals surface area contributed by atoms with Gasteiger partial charge in [-0.3, -0.25) is 28.8 Å². The number of ether oxygens (including phenoxy) is 6. The molecule has 24 heteroatoms. The Labute approximate surface area is 709 Å². The van der Waals surface area contributed by atoms with E-state index >= 15 is 0 Å². The Kier molecular flexibility index (Phi) is 33.2. The molecule has 0 spiro atoms. The van der Waals surface area contributed by atoms with Crippen LogP contribution in [0.15, 0.2) is 237 Å². The number of carbonyl (C=O) groups excluding carboxylic acids is 9. The van der Waals surface area contributed by atoms with Crippen LogP contribution in [0.5, 0.6) is 17.2 Å². The van der Waals surface area contributed by atoms with Crippen molar-refractivity contribution in [1.29, 1.82) is 0 Å². The van der Waals surface area contributed by atoms with Crippen molar-refractivity contribution >= 4 is 70.4 Å². The maximum absolute atomic E-state index is 14.8. The molecular weight excluding hydrogens is 1530 g/mol. The fourth-order valence-corrected chi connectivity index (χ4v) is 13.2. The van der Waals surface area contributed by atoms with Gasteiger partial charge in [-0.05, 0) is 243 Å². The Hall–Kier alpha value is -12.5. The molecule has 0 radical (unpaired) electrons. The van der Waals surface area contributed by atoms with Gasteiger partial charge >= 0.3 is 18.3 Å². The van der Waals surface area contributed by atoms with Crippen molar-refractivity contribution < 1.29 is 71.6 Å². The lowest BCUT2D eigenvalue weighted by Gasteiger charge is -2.28. The largest absolute Gasteiger partial charge is 0.489 e. The number of benzene rings is 9. The number of Topliss-reactive ketones (excluding diaryl/α,β-unsaturated/α-hetero) is 3. The molecule has 0 heterocycles. The lowest BCUT2D eigenvalue weighted by atomic mass is 9.83. The average molecular weight is 1650 g/mol. The number of hydrogen-bond acceptors (Lipinski definition) is 18. The van der Waals surface area contributed by atoms with Gasteiger partial charge in [0.25, 0.3) is 17.7 Å². The summed E-state index contributed by atoms with van der Waals surface area (Å²) in [4.78, 5) is 126. The Morgan fingerprint density at radius 2 is 0.521 bits per heavy atom. The standard InChI is InChI=1S/C97H115N9O15/c1-92(2,3)119-89(113)101-58-22-19-55-95(98,82(107)61-67-31-49-79(50-32-67)116-64-70-25-13-10-14-26-70)86(110)104-76-43-37-73(38-44-76)85(74-39-45-77(46-40-74)105-87(111)96(99,56-20-23-59-102-90(114)120-93(4,5)6)83(108)62-68-33-51-80(52-34-68)117-65-71-27-15-11-16-28-71)75-41-47-78(48-42-75)106-88(112)97(100,57-21-24-60-103-91(115)121-94(7,8)9)84(109)63-69-35-53-81(54-36-69)118-66-72-29-17-12-18-30-72/h10-18,25-54,85H,19-24,55-66,98-100H2,1-9H3,(H,101,113)(H,102,114)(H,103,115)(H,104,110)(H,105,111)(H,106,112)/t95-,96-,97-/m1/s1. The highest BCUT2D eigenvalue weighted by Crippen LogP contribution is 2.36. The summed E-state index contributed by atoms with van der Waals surface area (Å²) in [6, 6.07) is 71.1. The van der Waals surface area contributed by atoms with Gasteiger partial charge in [0.05, 0.1) is 0 Å². The maximum atomic E-state index is 14.8. The Morgan fingerprint density at radius 1 is 0.289 bits per heavy atom. The molecule has 3 atom stereocenters. The second-order valence-corrected chi connectivity index (χ2v) is 33.3. The highest BCUT2D eigenvalue weighted by Gasteiger charge is 2.44. The van der Waals surface area contributed by atoms with Crippen LogP contribution in [-0.2, 0) is 82.1 Å². The van der Waals surface area contributed by atoms with E-state index < -0.39 is 92.7 Å². The van der Waals surface area contributed by atoms with Crippen LogP contribution in [0.25, 0.3) is 0 Å². The minimum absolute atomic E-state index is 0.0735. The predicted octanol–water partition coefficient (Wildman–Crippen LogP) is 16.0. The van der Waals surface area contributed by atoms with Crippen LogP contribution in [0.4, 0.5) is 31.4 Å². The monoisotopic (exact) mass is 1650 g/mol. The summed E-state index contributed by atoms with van der Waals surface area (Å²) in [6.45, 7) is 17.4. The van der Waals surface area contributed by atoms with E-state index in [9.17, 15) is 43.2 Å². The first-order chi connectivity index (χ1) is 57.6. The van der Waals surface area contributed by atoms with Crippen LogP contribution < -0.4 is 63.3 Å². The molecule has 0 bridgehead atoms. The molecule has 12 N–H and O–H groups in total. The average Bonchev–Trinajstić information content (AvgIpc) is 0.806. The SMILES string of the molecule is CC(C)(C)OC(=O)NCCCC[C@@](N)(C(=O)Cc1ccc(OCc2ccccc2)cc1)C(=O)Nc1ccc(C(c2ccc(NC(=O)[C@@](N)(CCCCNC(=O)OC(C)(C)C)C(=O)Cc3ccc(OCc4ccccc4)cc3)cc2)c2ccc(NC(=O)[C@@](N)(CCCCNC(=O)OC(C)(C)C)C(=O)Cc3ccc(OCc4ccccc4)cc3)cc2)cc1. The first-order valence-corrected chi connectivity index (χ1v) is 41.0. The van der Waals surface area contributed by atoms with Crippen molar-refractivity contribution in [1.82, 2.24) is 16.0 Å². The quantitative estimate of drug-likeness (QED) is 0.00742. The van der Waals surface area contributed by atoms with Crippen LogP contribution in [0.2, 0.25) is 0 Å². The van der Waals surface area contributed by atoms with Crippen molar-refractivity contribution in [3.8, 4) is 17.2 Å². The summed E-state index contributed by atoms with van der Waals surface area (Å²) in [5, 5.41) is 17.0. The number of nitrogens with two attached hydrogens (primary N) is 3. The highest BCUT2D eigenvalue weighted by molar-refractivity contribution is 6.17. The van der Waals surface area contributed by atoms with E-state index in [1.54, 1.807) is 208 Å². The molecule has 0 fully saturated rings. The van der Waals surface area contributed by atoms with Crippen LogP contribution in [0.1, 0.15) is 176 Å². The van der Waals surface area contributed by atoms with Gasteiger partial charge in [0.15, 0.2) is 34.0 Å². The number of nitrogens with one attached hydrogen (secondary N) is 6. The van der Waals surface area contributed by atoms with E-state index in [-0.39, 0.29) is 77.4 Å². The summed E-state index contributed by atoms with van der Waals surface area (Å²) in [5.41, 5.74) is 20.6. The molecule has 0 aliphatic heterocycles. The number of amides is 6. The molecule has 9 aromatic rings. The molecule has 6 amide bonds. The topological polar surface area (TPSA) is 359 Å². The van der Waals surface area contributed by atoms with Crippen molar-refractivity contribution in [3.63, 3.8) is 0 Å². The lowest BCUT2D eigenvalue weighted by molar-refractivity contribution is -0.134. The summed E-state index contributed by atoms with van der Waals surface area (Å²) < 4.78 is 34.2. The smallest absolute Gasteiger partial charge is 0.407 e. The van der Waals surface area contributed by atoms with Gasteiger partial charge in [-0.2, -0.15) is 0 Å². The number of rotatable bonds is 42. The van der Waals surface area contributed by atoms with Gasteiger partial charge in [-0.15, -0.1) is 0 Å². The zero-order valence-corrected chi connectivity index (χ0v) is 70.7. The normalized spacial score (nSPS) is 13.0. The first-order valence-electron chi connectivity index (χ1n) is 41.0. The molecule has 0 aromatic heterocycles. The molecule has 0 aliphatic carbocycles. The van der Waals surface area contributed by atoms with Crippen LogP contribution >= 0.6 is 0 Å². The maximum Gasteiger partial charge on any atom is 0.407 e. The van der Waals surface area contributed by atoms with E-state index in [0.29, 0.717) is 107 Å². The van der Waals surface area contributed by atoms with Crippen LogP contribution in [0, 0.1) is 0 Å². The Morgan fingerprint density at radius 3 is 0.744 bits per heavy atom. The Bertz CT molecular complexity index is 4390. The summed E-state index contributed by atoms with van der Waals surface area (Å²) in [5.74, 6) is -2.75. The number of alkyl carbamates (subject to hydrolysis) is 3. The molecule has 9 aromatic carbocycles. The van der Waals surface area contributed by atoms with Crippen LogP contribution in [0.3, 0.4) is 0 Å². The van der Waals surface area contributed by atoms with Gasteiger partial charge in [0.2, 0.25) is 0 Å².